The van der Waals surface area contributed by atoms with E-state index >= 15 is 0 Å². The van der Waals surface area contributed by atoms with Crippen LogP contribution in [0.4, 0.5) is 0 Å². The predicted octanol–water partition coefficient (Wildman–Crippen LogP) is 3.63. The van der Waals surface area contributed by atoms with E-state index in [-0.39, 0.29) is 53.6 Å². The maximum atomic E-state index is 14.3. The number of esters is 3. The van der Waals surface area contributed by atoms with Crippen molar-refractivity contribution in [2.24, 2.45) is 45.8 Å². The van der Waals surface area contributed by atoms with Gasteiger partial charge in [0.05, 0.1) is 17.1 Å². The molecule has 8 heteroatoms. The van der Waals surface area contributed by atoms with Gasteiger partial charge in [-0.3, -0.25) is 9.59 Å². The highest BCUT2D eigenvalue weighted by molar-refractivity contribution is 5.91. The van der Waals surface area contributed by atoms with Crippen LogP contribution in [-0.4, -0.2) is 58.1 Å². The van der Waals surface area contributed by atoms with Gasteiger partial charge in [-0.2, -0.15) is 0 Å². The lowest BCUT2D eigenvalue weighted by Crippen LogP contribution is -2.66. The lowest BCUT2D eigenvalue weighted by Gasteiger charge is -2.60. The van der Waals surface area contributed by atoms with Crippen LogP contribution in [0.1, 0.15) is 79.6 Å². The van der Waals surface area contributed by atoms with Crippen LogP contribution >= 0.6 is 0 Å². The normalized spacial score (nSPS) is 54.4. The Balaban J connectivity index is 1.37. The minimum Gasteiger partial charge on any atom is -0.462 e. The van der Waals surface area contributed by atoms with Gasteiger partial charge in [0.1, 0.15) is 18.3 Å². The number of rotatable bonds is 1. The Morgan fingerprint density at radius 1 is 1.07 bits per heavy atom. The number of carbonyl (C=O) groups is 3. The number of hydrogen-bond acceptors (Lipinski definition) is 8. The molecule has 2 bridgehead atoms. The van der Waals surface area contributed by atoms with Gasteiger partial charge in [0.25, 0.3) is 0 Å². The molecule has 13 atom stereocenters. The topological polar surface area (TPSA) is 119 Å². The summed E-state index contributed by atoms with van der Waals surface area (Å²) in [5.74, 6) is -1.79. The summed E-state index contributed by atoms with van der Waals surface area (Å²) in [6.45, 7) is 13.7. The SMILES string of the molecule is C=C1C(=O)O[C@@H]2C[C@@H](C)[C@]34C[C@]5(C(=O)O[C@H]6C[C@]7(C)[C@@H](O)CCC(C)[C@]7(O)CC65)[C@@H](C(C)=C3C[C@@H]12)C4OC(C)=O. The van der Waals surface area contributed by atoms with Crippen LogP contribution in [-0.2, 0) is 28.6 Å². The molecule has 4 saturated carbocycles. The molecule has 2 N–H and O–H groups in total. The Labute approximate surface area is 235 Å². The molecular formula is C32H42O8. The Morgan fingerprint density at radius 3 is 2.50 bits per heavy atom. The van der Waals surface area contributed by atoms with E-state index in [9.17, 15) is 24.6 Å². The van der Waals surface area contributed by atoms with Gasteiger partial charge >= 0.3 is 17.9 Å². The molecule has 2 heterocycles. The number of hydrogen-bond donors (Lipinski definition) is 2. The van der Waals surface area contributed by atoms with E-state index in [4.69, 9.17) is 14.2 Å². The van der Waals surface area contributed by atoms with Crippen LogP contribution in [0, 0.1) is 45.8 Å². The van der Waals surface area contributed by atoms with Gasteiger partial charge in [-0.25, -0.2) is 4.79 Å². The van der Waals surface area contributed by atoms with Crippen molar-refractivity contribution in [2.45, 2.75) is 110 Å². The predicted molar refractivity (Wildman–Crippen MR) is 142 cm³/mol. The van der Waals surface area contributed by atoms with Crippen molar-refractivity contribution >= 4 is 17.9 Å². The van der Waals surface area contributed by atoms with E-state index in [0.29, 0.717) is 44.1 Å². The van der Waals surface area contributed by atoms with Gasteiger partial charge in [0.15, 0.2) is 0 Å². The molecule has 0 aromatic heterocycles. The standard InChI is InChI=1S/C32H42O8/c1-14-7-8-24(34)29(6)12-23-21(11-32(14,29)37)31(28(36)40-23)13-30-15(2)9-22-19(16(3)27(35)39-22)10-20(30)17(4)25(31)26(30)38-18(5)33/h14-15,19,21-26,34,37H,3,7-13H2,1-2,4-6H3/t14?,15-,19+,21?,22-,23+,24+,25+,26?,29-,30-,31-,32-/m1/s1. The quantitative estimate of drug-likeness (QED) is 0.218. The molecule has 0 radical (unpaired) electrons. The maximum Gasteiger partial charge on any atom is 0.334 e. The average molecular weight is 555 g/mol. The summed E-state index contributed by atoms with van der Waals surface area (Å²) in [6, 6.07) is 0. The summed E-state index contributed by atoms with van der Waals surface area (Å²) in [4.78, 5) is 39.3. The molecule has 3 unspecified atom stereocenters. The van der Waals surface area contributed by atoms with Gasteiger partial charge < -0.3 is 24.4 Å². The second kappa shape index (κ2) is 8.00. The van der Waals surface area contributed by atoms with Crippen molar-refractivity contribution in [3.05, 3.63) is 23.3 Å². The highest BCUT2D eigenvalue weighted by Gasteiger charge is 2.80. The van der Waals surface area contributed by atoms with Gasteiger partial charge in [-0.15, -0.1) is 0 Å². The minimum absolute atomic E-state index is 0.0281. The summed E-state index contributed by atoms with van der Waals surface area (Å²) < 4.78 is 18.2. The number of aliphatic hydroxyl groups is 2. The fourth-order valence-electron chi connectivity index (χ4n) is 11.3. The van der Waals surface area contributed by atoms with Crippen molar-refractivity contribution < 1.29 is 38.8 Å². The first kappa shape index (κ1) is 26.7. The third-order valence-electron chi connectivity index (χ3n) is 13.4. The lowest BCUT2D eigenvalue weighted by atomic mass is 9.46. The zero-order valence-corrected chi connectivity index (χ0v) is 24.2. The molecule has 7 aliphatic rings. The summed E-state index contributed by atoms with van der Waals surface area (Å²) in [5.41, 5.74) is -0.712. The third kappa shape index (κ3) is 2.83. The first-order chi connectivity index (χ1) is 18.7. The van der Waals surface area contributed by atoms with E-state index < -0.39 is 40.2 Å². The molecular weight excluding hydrogens is 512 g/mol. The van der Waals surface area contributed by atoms with Crippen LogP contribution in [0.15, 0.2) is 23.3 Å². The smallest absolute Gasteiger partial charge is 0.334 e. The van der Waals surface area contributed by atoms with Crippen molar-refractivity contribution in [1.29, 1.82) is 0 Å². The number of carbonyl (C=O) groups excluding carboxylic acids is 3. The number of aliphatic hydroxyl groups excluding tert-OH is 1. The third-order valence-corrected chi connectivity index (χ3v) is 13.4. The van der Waals surface area contributed by atoms with E-state index in [0.717, 1.165) is 12.0 Å². The van der Waals surface area contributed by atoms with Crippen molar-refractivity contribution in [1.82, 2.24) is 0 Å². The molecule has 218 valence electrons. The average Bonchev–Trinajstić information content (AvgIpc) is 3.45. The van der Waals surface area contributed by atoms with Crippen LogP contribution < -0.4 is 0 Å². The summed E-state index contributed by atoms with van der Waals surface area (Å²) >= 11 is 0. The lowest BCUT2D eigenvalue weighted by molar-refractivity contribution is -0.238. The summed E-state index contributed by atoms with van der Waals surface area (Å²) in [5, 5.41) is 23.4. The van der Waals surface area contributed by atoms with E-state index in [1.165, 1.54) is 12.5 Å². The Bertz CT molecular complexity index is 1270. The van der Waals surface area contributed by atoms with Crippen molar-refractivity contribution in [2.75, 3.05) is 0 Å². The van der Waals surface area contributed by atoms with Crippen LogP contribution in [0.5, 0.6) is 0 Å². The Kier molecular flexibility index (Phi) is 5.34. The van der Waals surface area contributed by atoms with E-state index in [1.54, 1.807) is 0 Å². The molecule has 8 nitrogen and oxygen atoms in total. The second-order valence-corrected chi connectivity index (χ2v) is 14.6. The maximum absolute atomic E-state index is 14.3. The van der Waals surface area contributed by atoms with Gasteiger partial charge in [-0.1, -0.05) is 38.5 Å². The first-order valence-electron chi connectivity index (χ1n) is 15.1. The van der Waals surface area contributed by atoms with Gasteiger partial charge in [0, 0.05) is 41.1 Å². The molecule has 2 aliphatic heterocycles. The van der Waals surface area contributed by atoms with Crippen LogP contribution in [0.25, 0.3) is 0 Å². The molecule has 0 aromatic rings. The molecule has 40 heavy (non-hydrogen) atoms. The second-order valence-electron chi connectivity index (χ2n) is 14.6. The van der Waals surface area contributed by atoms with Gasteiger partial charge in [-0.05, 0) is 63.7 Å². The molecule has 2 spiro atoms. The zero-order valence-electron chi connectivity index (χ0n) is 24.2. The fraction of sp³-hybridized carbons (Fsp3) is 0.781. The summed E-state index contributed by atoms with van der Waals surface area (Å²) in [6.07, 6.45) is 1.93. The van der Waals surface area contributed by atoms with E-state index in [1.807, 2.05) is 6.92 Å². The van der Waals surface area contributed by atoms with Crippen LogP contribution in [0.2, 0.25) is 0 Å². The van der Waals surface area contributed by atoms with Crippen molar-refractivity contribution in [3.63, 3.8) is 0 Å². The molecule has 2 saturated heterocycles. The van der Waals surface area contributed by atoms with Crippen LogP contribution in [0.3, 0.4) is 0 Å². The molecule has 5 aliphatic carbocycles. The van der Waals surface area contributed by atoms with E-state index in [2.05, 4.69) is 27.4 Å². The zero-order chi connectivity index (χ0) is 28.7. The Morgan fingerprint density at radius 2 is 1.80 bits per heavy atom. The first-order valence-corrected chi connectivity index (χ1v) is 15.1. The Hall–Kier alpha value is -2.19. The molecule has 6 fully saturated rings. The monoisotopic (exact) mass is 554 g/mol. The van der Waals surface area contributed by atoms with Crippen molar-refractivity contribution in [3.8, 4) is 0 Å². The van der Waals surface area contributed by atoms with Gasteiger partial charge in [0.2, 0.25) is 0 Å². The minimum atomic E-state index is -1.14. The largest absolute Gasteiger partial charge is 0.462 e. The highest BCUT2D eigenvalue weighted by Crippen LogP contribution is 2.77. The molecule has 0 aromatic carbocycles. The highest BCUT2D eigenvalue weighted by atomic mass is 16.6. The molecule has 7 rings (SSSR count). The molecule has 0 amide bonds. The number of fused-ring (bicyclic) bond motifs is 6. The fourth-order valence-corrected chi connectivity index (χ4v) is 11.3. The number of ether oxygens (including phenoxy) is 3. The summed E-state index contributed by atoms with van der Waals surface area (Å²) in [7, 11) is 0.